The molecule has 1 aromatic carbocycles. The van der Waals surface area contributed by atoms with Crippen LogP contribution in [0.2, 0.25) is 0 Å². The Morgan fingerprint density at radius 3 is 2.70 bits per heavy atom. The van der Waals surface area contributed by atoms with Crippen molar-refractivity contribution in [3.05, 3.63) is 54.0 Å². The number of aromatic nitrogens is 1. The summed E-state index contributed by atoms with van der Waals surface area (Å²) in [4.78, 5) is 6.19. The summed E-state index contributed by atoms with van der Waals surface area (Å²) < 4.78 is 13.1. The summed E-state index contributed by atoms with van der Waals surface area (Å²) in [6, 6.07) is 10.1. The highest BCUT2D eigenvalue weighted by atomic mass is 19.1. The van der Waals surface area contributed by atoms with Gasteiger partial charge in [-0.3, -0.25) is 0 Å². The van der Waals surface area contributed by atoms with Gasteiger partial charge in [-0.15, -0.1) is 0 Å². The summed E-state index contributed by atoms with van der Waals surface area (Å²) >= 11 is 0. The average Bonchev–Trinajstić information content (AvgIpc) is 2.44. The number of rotatable bonds is 6. The van der Waals surface area contributed by atoms with E-state index in [1.165, 1.54) is 12.1 Å². The molecule has 0 aliphatic carbocycles. The van der Waals surface area contributed by atoms with Crippen molar-refractivity contribution in [3.63, 3.8) is 0 Å². The van der Waals surface area contributed by atoms with Gasteiger partial charge in [0.2, 0.25) is 0 Å². The quantitative estimate of drug-likeness (QED) is 0.844. The lowest BCUT2D eigenvalue weighted by Crippen LogP contribution is -2.29. The van der Waals surface area contributed by atoms with Crippen molar-refractivity contribution < 1.29 is 9.50 Å². The van der Waals surface area contributed by atoms with Crippen LogP contribution in [0.3, 0.4) is 0 Å². The second kappa shape index (κ2) is 6.86. The molecule has 4 nitrogen and oxygen atoms in total. The van der Waals surface area contributed by atoms with E-state index in [0.29, 0.717) is 25.2 Å². The number of pyridine rings is 1. The monoisotopic (exact) mass is 275 g/mol. The number of aliphatic hydroxyl groups is 1. The predicted octanol–water partition coefficient (Wildman–Crippen LogP) is 1.84. The summed E-state index contributed by atoms with van der Waals surface area (Å²) in [5, 5.41) is 9.14. The Hall–Kier alpha value is -2.14. The second-order valence-corrected chi connectivity index (χ2v) is 4.54. The predicted molar refractivity (Wildman–Crippen MR) is 78.1 cm³/mol. The van der Waals surface area contributed by atoms with E-state index in [-0.39, 0.29) is 12.4 Å². The first-order chi connectivity index (χ1) is 9.69. The third-order valence-electron chi connectivity index (χ3n) is 3.02. The van der Waals surface area contributed by atoms with Gasteiger partial charge >= 0.3 is 0 Å². The minimum Gasteiger partial charge on any atom is -0.397 e. The molecule has 0 amide bonds. The van der Waals surface area contributed by atoms with E-state index in [1.54, 1.807) is 18.3 Å². The van der Waals surface area contributed by atoms with Crippen molar-refractivity contribution >= 4 is 11.5 Å². The van der Waals surface area contributed by atoms with E-state index in [0.717, 1.165) is 11.4 Å². The first kappa shape index (κ1) is 14.3. The molecular weight excluding hydrogens is 257 g/mol. The summed E-state index contributed by atoms with van der Waals surface area (Å²) in [5.74, 6) is 0.520. The molecule has 1 aromatic heterocycles. The number of nitrogens with two attached hydrogens (primary N) is 1. The summed E-state index contributed by atoms with van der Waals surface area (Å²) in [6.07, 6.45) is 2.27. The summed E-state index contributed by atoms with van der Waals surface area (Å²) in [6.45, 7) is 1.17. The average molecular weight is 275 g/mol. The molecule has 2 rings (SSSR count). The summed E-state index contributed by atoms with van der Waals surface area (Å²) in [7, 11) is 0. The van der Waals surface area contributed by atoms with Gasteiger partial charge in [-0.2, -0.15) is 0 Å². The van der Waals surface area contributed by atoms with Crippen molar-refractivity contribution in [3.8, 4) is 0 Å². The molecule has 2 aromatic rings. The first-order valence-corrected chi connectivity index (χ1v) is 6.51. The molecule has 0 aliphatic rings. The van der Waals surface area contributed by atoms with Crippen LogP contribution in [0.4, 0.5) is 15.9 Å². The van der Waals surface area contributed by atoms with Crippen LogP contribution < -0.4 is 10.6 Å². The molecule has 0 atom stereocenters. The number of aliphatic hydroxyl groups excluding tert-OH is 1. The van der Waals surface area contributed by atoms with Gasteiger partial charge in [-0.05, 0) is 36.2 Å². The van der Waals surface area contributed by atoms with Gasteiger partial charge in [0.1, 0.15) is 11.6 Å². The van der Waals surface area contributed by atoms with Crippen LogP contribution in [0.1, 0.15) is 5.56 Å². The number of hydrogen-bond donors (Lipinski definition) is 2. The molecule has 0 fully saturated rings. The Morgan fingerprint density at radius 1 is 1.20 bits per heavy atom. The van der Waals surface area contributed by atoms with E-state index >= 15 is 0 Å². The van der Waals surface area contributed by atoms with Crippen LogP contribution in [0.15, 0.2) is 42.6 Å². The van der Waals surface area contributed by atoms with Gasteiger partial charge in [0.15, 0.2) is 0 Å². The third-order valence-corrected chi connectivity index (χ3v) is 3.02. The third kappa shape index (κ3) is 3.93. The zero-order valence-electron chi connectivity index (χ0n) is 11.2. The van der Waals surface area contributed by atoms with Crippen LogP contribution in [0.25, 0.3) is 0 Å². The number of nitrogens with zero attached hydrogens (tertiary/aromatic N) is 2. The zero-order chi connectivity index (χ0) is 14.4. The number of benzene rings is 1. The van der Waals surface area contributed by atoms with Crippen molar-refractivity contribution in [2.24, 2.45) is 0 Å². The molecule has 0 unspecified atom stereocenters. The van der Waals surface area contributed by atoms with Gasteiger partial charge in [0, 0.05) is 13.1 Å². The molecule has 106 valence electrons. The molecular formula is C15H18FN3O. The smallest absolute Gasteiger partial charge is 0.128 e. The number of hydrogen-bond acceptors (Lipinski definition) is 4. The molecule has 0 bridgehead atoms. The maximum atomic E-state index is 13.1. The van der Waals surface area contributed by atoms with E-state index in [2.05, 4.69) is 4.98 Å². The minimum atomic E-state index is -0.234. The van der Waals surface area contributed by atoms with Crippen molar-refractivity contribution in [1.29, 1.82) is 0 Å². The van der Waals surface area contributed by atoms with Crippen LogP contribution in [-0.4, -0.2) is 29.8 Å². The van der Waals surface area contributed by atoms with Crippen molar-refractivity contribution in [2.75, 3.05) is 30.3 Å². The molecule has 0 aliphatic heterocycles. The van der Waals surface area contributed by atoms with Gasteiger partial charge in [0.25, 0.3) is 0 Å². The lowest BCUT2D eigenvalue weighted by molar-refractivity contribution is 0.301. The van der Waals surface area contributed by atoms with E-state index in [9.17, 15) is 4.39 Å². The highest BCUT2D eigenvalue weighted by molar-refractivity contribution is 5.45. The highest BCUT2D eigenvalue weighted by Gasteiger charge is 2.07. The Balaban J connectivity index is 2.04. The van der Waals surface area contributed by atoms with Gasteiger partial charge < -0.3 is 15.7 Å². The number of anilines is 2. The minimum absolute atomic E-state index is 0.0369. The normalized spacial score (nSPS) is 10.5. The highest BCUT2D eigenvalue weighted by Crippen LogP contribution is 2.13. The summed E-state index contributed by atoms with van der Waals surface area (Å²) in [5.41, 5.74) is 7.13. The van der Waals surface area contributed by atoms with E-state index < -0.39 is 0 Å². The maximum absolute atomic E-state index is 13.1. The molecule has 5 heteroatoms. The molecule has 0 spiro atoms. The molecule has 3 N–H and O–H groups in total. The van der Waals surface area contributed by atoms with E-state index in [4.69, 9.17) is 10.8 Å². The van der Waals surface area contributed by atoms with Crippen LogP contribution in [0.5, 0.6) is 0 Å². The van der Waals surface area contributed by atoms with Gasteiger partial charge in [-0.25, -0.2) is 9.37 Å². The lowest BCUT2D eigenvalue weighted by Gasteiger charge is -2.22. The molecule has 0 saturated heterocycles. The fourth-order valence-electron chi connectivity index (χ4n) is 2.00. The lowest BCUT2D eigenvalue weighted by atomic mass is 10.1. The SMILES string of the molecule is Nc1ccc(N(CCO)CCc2cccc(F)c2)nc1. The molecule has 0 saturated carbocycles. The Kier molecular flexibility index (Phi) is 4.90. The first-order valence-electron chi connectivity index (χ1n) is 6.51. The van der Waals surface area contributed by atoms with Crippen molar-refractivity contribution in [1.82, 2.24) is 4.98 Å². The largest absolute Gasteiger partial charge is 0.397 e. The fourth-order valence-corrected chi connectivity index (χ4v) is 2.00. The molecule has 0 radical (unpaired) electrons. The van der Waals surface area contributed by atoms with Crippen LogP contribution in [-0.2, 0) is 6.42 Å². The standard InChI is InChI=1S/C15H18FN3O/c16-13-3-1-2-12(10-13)6-7-19(8-9-20)15-5-4-14(17)11-18-15/h1-5,10-11,20H,6-9,17H2. The van der Waals surface area contributed by atoms with E-state index in [1.807, 2.05) is 17.0 Å². The Labute approximate surface area is 117 Å². The van der Waals surface area contributed by atoms with Gasteiger partial charge in [-0.1, -0.05) is 12.1 Å². The number of halogens is 1. The Bertz CT molecular complexity index is 545. The second-order valence-electron chi connectivity index (χ2n) is 4.54. The van der Waals surface area contributed by atoms with Crippen LogP contribution >= 0.6 is 0 Å². The topological polar surface area (TPSA) is 62.4 Å². The fraction of sp³-hybridized carbons (Fsp3) is 0.267. The zero-order valence-corrected chi connectivity index (χ0v) is 11.2. The maximum Gasteiger partial charge on any atom is 0.128 e. The Morgan fingerprint density at radius 2 is 2.05 bits per heavy atom. The molecule has 20 heavy (non-hydrogen) atoms. The van der Waals surface area contributed by atoms with Crippen LogP contribution in [0, 0.1) is 5.82 Å². The van der Waals surface area contributed by atoms with Gasteiger partial charge in [0.05, 0.1) is 18.5 Å². The molecule has 1 heterocycles. The number of nitrogen functional groups attached to an aromatic ring is 1. The van der Waals surface area contributed by atoms with Crippen molar-refractivity contribution in [2.45, 2.75) is 6.42 Å².